The number of hydrogen-bond donors (Lipinski definition) is 2. The maximum Gasteiger partial charge on any atom is 0.312 e. The van der Waals surface area contributed by atoms with Crippen LogP contribution in [0.2, 0.25) is 0 Å². The molecule has 3 heteroatoms. The minimum Gasteiger partial charge on any atom is -0.481 e. The van der Waals surface area contributed by atoms with E-state index in [1.165, 1.54) is 6.42 Å². The Morgan fingerprint density at radius 3 is 2.53 bits per heavy atom. The Morgan fingerprint density at radius 1 is 1.41 bits per heavy atom. The highest BCUT2D eigenvalue weighted by atomic mass is 16.4. The molecule has 1 aliphatic rings. The highest BCUT2D eigenvalue weighted by Gasteiger charge is 2.32. The van der Waals surface area contributed by atoms with Gasteiger partial charge >= 0.3 is 5.97 Å². The van der Waals surface area contributed by atoms with Gasteiger partial charge in [-0.2, -0.15) is 0 Å². The van der Waals surface area contributed by atoms with Gasteiger partial charge in [-0.05, 0) is 31.7 Å². The van der Waals surface area contributed by atoms with Gasteiger partial charge in [-0.3, -0.25) is 4.79 Å². The monoisotopic (exact) mass is 233 g/mol. The molecule has 0 bridgehead atoms. The lowest BCUT2D eigenvalue weighted by Gasteiger charge is -2.40. The first-order chi connectivity index (χ1) is 8.11. The van der Waals surface area contributed by atoms with E-state index in [1.807, 2.05) is 30.3 Å². The molecule has 3 nitrogen and oxygen atoms in total. The van der Waals surface area contributed by atoms with Crippen molar-refractivity contribution in [2.75, 3.05) is 6.54 Å². The quantitative estimate of drug-likeness (QED) is 0.821. The van der Waals surface area contributed by atoms with Crippen LogP contribution in [0.5, 0.6) is 0 Å². The zero-order valence-corrected chi connectivity index (χ0v) is 10.1. The first-order valence-electron chi connectivity index (χ1n) is 6.13. The van der Waals surface area contributed by atoms with Gasteiger partial charge in [0.15, 0.2) is 0 Å². The van der Waals surface area contributed by atoms with Crippen molar-refractivity contribution in [3.05, 3.63) is 35.9 Å². The van der Waals surface area contributed by atoms with Crippen molar-refractivity contribution >= 4 is 5.97 Å². The van der Waals surface area contributed by atoms with Crippen molar-refractivity contribution in [1.29, 1.82) is 0 Å². The molecular weight excluding hydrogens is 214 g/mol. The number of carbonyl (C=O) groups is 1. The van der Waals surface area contributed by atoms with Gasteiger partial charge in [-0.1, -0.05) is 30.3 Å². The summed E-state index contributed by atoms with van der Waals surface area (Å²) in [7, 11) is 0. The van der Waals surface area contributed by atoms with Crippen molar-refractivity contribution < 1.29 is 9.90 Å². The average molecular weight is 233 g/mol. The molecule has 1 aromatic carbocycles. The highest BCUT2D eigenvalue weighted by molar-refractivity contribution is 5.76. The van der Waals surface area contributed by atoms with Gasteiger partial charge in [0.2, 0.25) is 0 Å². The van der Waals surface area contributed by atoms with E-state index in [0.717, 1.165) is 18.4 Å². The summed E-state index contributed by atoms with van der Waals surface area (Å²) in [5.74, 6) is -1.21. The Balaban J connectivity index is 2.01. The van der Waals surface area contributed by atoms with Crippen LogP contribution in [-0.4, -0.2) is 23.2 Å². The molecule has 1 fully saturated rings. The van der Waals surface area contributed by atoms with Gasteiger partial charge < -0.3 is 10.4 Å². The molecule has 1 atom stereocenters. The number of rotatable bonds is 5. The molecule has 1 unspecified atom stereocenters. The van der Waals surface area contributed by atoms with Crippen molar-refractivity contribution in [2.24, 2.45) is 0 Å². The lowest BCUT2D eigenvalue weighted by atomic mass is 9.78. The van der Waals surface area contributed by atoms with Crippen molar-refractivity contribution in [2.45, 2.75) is 37.6 Å². The van der Waals surface area contributed by atoms with Crippen LogP contribution in [0.15, 0.2) is 30.3 Å². The second-order valence-corrected chi connectivity index (χ2v) is 5.10. The lowest BCUT2D eigenvalue weighted by Crippen LogP contribution is -2.50. The van der Waals surface area contributed by atoms with Crippen LogP contribution in [0.1, 0.15) is 37.7 Å². The van der Waals surface area contributed by atoms with E-state index in [4.69, 9.17) is 0 Å². The molecule has 92 valence electrons. The highest BCUT2D eigenvalue weighted by Crippen LogP contribution is 2.31. The fourth-order valence-electron chi connectivity index (χ4n) is 2.27. The van der Waals surface area contributed by atoms with Gasteiger partial charge in [-0.15, -0.1) is 0 Å². The van der Waals surface area contributed by atoms with Crippen LogP contribution in [0.3, 0.4) is 0 Å². The Morgan fingerprint density at radius 2 is 2.06 bits per heavy atom. The van der Waals surface area contributed by atoms with Crippen molar-refractivity contribution in [3.63, 3.8) is 0 Å². The van der Waals surface area contributed by atoms with Gasteiger partial charge in [0.05, 0.1) is 5.92 Å². The molecule has 2 rings (SSSR count). The van der Waals surface area contributed by atoms with Gasteiger partial charge in [0, 0.05) is 12.1 Å². The number of hydrogen-bond acceptors (Lipinski definition) is 2. The number of carboxylic acid groups (broad SMARTS) is 1. The summed E-state index contributed by atoms with van der Waals surface area (Å²) in [5.41, 5.74) is 1.03. The number of benzene rings is 1. The summed E-state index contributed by atoms with van der Waals surface area (Å²) in [4.78, 5) is 11.3. The van der Waals surface area contributed by atoms with E-state index in [2.05, 4.69) is 12.2 Å². The molecule has 1 aliphatic carbocycles. The summed E-state index contributed by atoms with van der Waals surface area (Å²) in [6.07, 6.45) is 3.54. The number of nitrogens with one attached hydrogen (secondary N) is 1. The van der Waals surface area contributed by atoms with Crippen LogP contribution >= 0.6 is 0 Å². The smallest absolute Gasteiger partial charge is 0.312 e. The van der Waals surface area contributed by atoms with Crippen molar-refractivity contribution in [3.8, 4) is 0 Å². The van der Waals surface area contributed by atoms with E-state index in [0.29, 0.717) is 6.54 Å². The van der Waals surface area contributed by atoms with Crippen LogP contribution in [0.25, 0.3) is 0 Å². The summed E-state index contributed by atoms with van der Waals surface area (Å²) < 4.78 is 0. The molecule has 1 saturated carbocycles. The standard InChI is InChI=1S/C14H19NO2/c1-14(8-5-9-14)15-10-12(13(16)17)11-6-3-2-4-7-11/h2-4,6-7,12,15H,5,8-10H2,1H3,(H,16,17). The third-order valence-corrected chi connectivity index (χ3v) is 3.69. The van der Waals surface area contributed by atoms with E-state index in [1.54, 1.807) is 0 Å². The predicted molar refractivity (Wildman–Crippen MR) is 67.1 cm³/mol. The van der Waals surface area contributed by atoms with Gasteiger partial charge in [0.25, 0.3) is 0 Å². The SMILES string of the molecule is CC1(NCC(C(=O)O)c2ccccc2)CCC1. The topological polar surface area (TPSA) is 49.3 Å². The minimum absolute atomic E-state index is 0.155. The van der Waals surface area contributed by atoms with Gasteiger partial charge in [-0.25, -0.2) is 0 Å². The molecule has 0 saturated heterocycles. The zero-order chi connectivity index (χ0) is 12.3. The van der Waals surface area contributed by atoms with Crippen LogP contribution in [-0.2, 0) is 4.79 Å². The Hall–Kier alpha value is -1.35. The Bertz CT molecular complexity index is 384. The van der Waals surface area contributed by atoms with Gasteiger partial charge in [0.1, 0.15) is 0 Å². The van der Waals surface area contributed by atoms with E-state index >= 15 is 0 Å². The van der Waals surface area contributed by atoms with E-state index in [-0.39, 0.29) is 5.54 Å². The molecule has 2 N–H and O–H groups in total. The average Bonchev–Trinajstić information content (AvgIpc) is 2.28. The first-order valence-corrected chi connectivity index (χ1v) is 6.13. The van der Waals surface area contributed by atoms with Crippen LogP contribution < -0.4 is 5.32 Å². The summed E-state index contributed by atoms with van der Waals surface area (Å²) in [6, 6.07) is 9.43. The predicted octanol–water partition coefficient (Wildman–Crippen LogP) is 2.39. The summed E-state index contributed by atoms with van der Waals surface area (Å²) >= 11 is 0. The van der Waals surface area contributed by atoms with E-state index in [9.17, 15) is 9.90 Å². The maximum atomic E-state index is 11.3. The second-order valence-electron chi connectivity index (χ2n) is 5.10. The lowest BCUT2D eigenvalue weighted by molar-refractivity contribution is -0.138. The fourth-order valence-corrected chi connectivity index (χ4v) is 2.27. The molecule has 0 spiro atoms. The summed E-state index contributed by atoms with van der Waals surface area (Å²) in [6.45, 7) is 2.68. The molecule has 0 heterocycles. The summed E-state index contributed by atoms with van der Waals surface area (Å²) in [5, 5.41) is 12.7. The van der Waals surface area contributed by atoms with Crippen LogP contribution in [0.4, 0.5) is 0 Å². The van der Waals surface area contributed by atoms with Crippen molar-refractivity contribution in [1.82, 2.24) is 5.32 Å². The second kappa shape index (κ2) is 4.88. The number of carboxylic acids is 1. The zero-order valence-electron chi connectivity index (χ0n) is 10.1. The molecule has 0 aromatic heterocycles. The largest absolute Gasteiger partial charge is 0.481 e. The third-order valence-electron chi connectivity index (χ3n) is 3.69. The molecule has 0 amide bonds. The molecule has 17 heavy (non-hydrogen) atoms. The Labute approximate surface area is 102 Å². The maximum absolute atomic E-state index is 11.3. The molecular formula is C14H19NO2. The van der Waals surface area contributed by atoms with E-state index < -0.39 is 11.9 Å². The molecule has 0 aliphatic heterocycles. The molecule has 0 radical (unpaired) electrons. The normalized spacial score (nSPS) is 19.4. The Kier molecular flexibility index (Phi) is 3.48. The fraction of sp³-hybridized carbons (Fsp3) is 0.500. The first kappa shape index (κ1) is 12.1. The minimum atomic E-state index is -0.758. The van der Waals surface area contributed by atoms with Crippen LogP contribution in [0, 0.1) is 0 Å². The number of aliphatic carboxylic acids is 1. The third kappa shape index (κ3) is 2.86. The molecule has 1 aromatic rings.